The molecule has 2 amide bonds. The van der Waals surface area contributed by atoms with Gasteiger partial charge in [0.15, 0.2) is 15.2 Å². The van der Waals surface area contributed by atoms with Crippen LogP contribution in [0.25, 0.3) is 0 Å². The van der Waals surface area contributed by atoms with Crippen LogP contribution in [0.2, 0.25) is 0 Å². The topological polar surface area (TPSA) is 193 Å². The normalized spacial score (nSPS) is 20.1. The highest BCUT2D eigenvalue weighted by molar-refractivity contribution is 8.01. The van der Waals surface area contributed by atoms with Gasteiger partial charge in [-0.1, -0.05) is 28.3 Å². The van der Waals surface area contributed by atoms with Gasteiger partial charge in [-0.15, -0.1) is 33.3 Å². The number of amides is 2. The van der Waals surface area contributed by atoms with Crippen molar-refractivity contribution in [2.75, 3.05) is 30.5 Å². The first-order valence-corrected chi connectivity index (χ1v) is 13.3. The Kier molecular flexibility index (Phi) is 7.67. The molecule has 2 aliphatic heterocycles. The number of carboxylic acid groups (broad SMARTS) is 1. The van der Waals surface area contributed by atoms with Crippen molar-refractivity contribution in [2.45, 2.75) is 15.8 Å². The van der Waals surface area contributed by atoms with E-state index in [0.29, 0.717) is 21.4 Å². The second-order valence-electron chi connectivity index (χ2n) is 6.68. The molecule has 0 aliphatic carbocycles. The smallest absolute Gasteiger partial charge is 0.352 e. The summed E-state index contributed by atoms with van der Waals surface area (Å²) >= 11 is 5.14. The lowest BCUT2D eigenvalue weighted by molar-refractivity contribution is -0.150. The van der Waals surface area contributed by atoms with E-state index < -0.39 is 29.2 Å². The van der Waals surface area contributed by atoms with Gasteiger partial charge in [0.2, 0.25) is 0 Å². The van der Waals surface area contributed by atoms with Gasteiger partial charge in [-0.25, -0.2) is 9.78 Å². The lowest BCUT2D eigenvalue weighted by Gasteiger charge is -2.49. The monoisotopic (exact) mass is 543 g/mol. The second kappa shape index (κ2) is 10.7. The van der Waals surface area contributed by atoms with Gasteiger partial charge in [0.25, 0.3) is 11.8 Å². The van der Waals surface area contributed by atoms with Crippen molar-refractivity contribution in [3.63, 3.8) is 0 Å². The van der Waals surface area contributed by atoms with E-state index >= 15 is 0 Å². The van der Waals surface area contributed by atoms with E-state index in [1.54, 1.807) is 5.51 Å². The van der Waals surface area contributed by atoms with Crippen LogP contribution >= 0.6 is 46.2 Å². The molecule has 180 valence electrons. The Labute approximate surface area is 208 Å². The van der Waals surface area contributed by atoms with Crippen LogP contribution in [-0.2, 0) is 19.2 Å². The Hall–Kier alpha value is -2.73. The largest absolute Gasteiger partial charge is 0.477 e. The number of hydrogen-bond acceptors (Lipinski definition) is 14. The molecule has 2 atom stereocenters. The van der Waals surface area contributed by atoms with Crippen LogP contribution in [0.1, 0.15) is 5.69 Å². The fourth-order valence-electron chi connectivity index (χ4n) is 3.13. The number of nitrogens with one attached hydrogen (secondary N) is 1. The summed E-state index contributed by atoms with van der Waals surface area (Å²) in [6, 6.07) is -0.955. The van der Waals surface area contributed by atoms with E-state index in [2.05, 4.69) is 25.7 Å². The lowest BCUT2D eigenvalue weighted by atomic mass is 10.0. The number of anilines is 1. The number of thiazole rings is 1. The van der Waals surface area contributed by atoms with Crippen molar-refractivity contribution in [2.24, 2.45) is 5.16 Å². The number of carboxylic acids is 1. The number of aromatic nitrogens is 3. The Morgan fingerprint density at radius 2 is 2.24 bits per heavy atom. The highest BCUT2D eigenvalue weighted by Crippen LogP contribution is 2.41. The molecule has 0 bridgehead atoms. The molecule has 2 unspecified atom stereocenters. The van der Waals surface area contributed by atoms with Crippen molar-refractivity contribution in [3.05, 3.63) is 27.9 Å². The number of aliphatic hydroxyl groups is 1. The maximum Gasteiger partial charge on any atom is 0.352 e. The van der Waals surface area contributed by atoms with Crippen molar-refractivity contribution < 1.29 is 29.4 Å². The zero-order valence-corrected chi connectivity index (χ0v) is 20.4. The minimum Gasteiger partial charge on any atom is -0.477 e. The zero-order valence-electron chi connectivity index (χ0n) is 17.1. The highest BCUT2D eigenvalue weighted by Gasteiger charge is 2.54. The number of hydrogen-bond donors (Lipinski definition) is 4. The maximum absolute atomic E-state index is 12.9. The van der Waals surface area contributed by atoms with Gasteiger partial charge in [-0.05, 0) is 5.57 Å². The average molecular weight is 544 g/mol. The minimum atomic E-state index is -1.21. The molecular formula is C17H17N7O6S4. The molecule has 1 saturated heterocycles. The summed E-state index contributed by atoms with van der Waals surface area (Å²) in [5.74, 6) is -1.78. The first-order chi connectivity index (χ1) is 16.4. The molecule has 2 aliphatic rings. The molecule has 34 heavy (non-hydrogen) atoms. The third-order valence-electron chi connectivity index (χ3n) is 4.56. The quantitative estimate of drug-likeness (QED) is 0.102. The third kappa shape index (κ3) is 5.02. The number of rotatable bonds is 10. The Bertz CT molecular complexity index is 1150. The van der Waals surface area contributed by atoms with Crippen LogP contribution in [0.5, 0.6) is 0 Å². The average Bonchev–Trinajstić information content (AvgIpc) is 3.49. The Morgan fingerprint density at radius 3 is 2.88 bits per heavy atom. The fraction of sp³-hybridized carbons (Fsp3) is 0.353. The van der Waals surface area contributed by atoms with Crippen molar-refractivity contribution in [3.8, 4) is 0 Å². The molecule has 4 heterocycles. The van der Waals surface area contributed by atoms with E-state index in [-0.39, 0.29) is 35.4 Å². The van der Waals surface area contributed by atoms with Gasteiger partial charge < -0.3 is 26.1 Å². The summed E-state index contributed by atoms with van der Waals surface area (Å²) in [5.41, 5.74) is 7.67. The summed E-state index contributed by atoms with van der Waals surface area (Å²) < 4.78 is 0.697. The number of nitrogens with two attached hydrogens (primary N) is 1. The molecular weight excluding hydrogens is 526 g/mol. The first-order valence-electron chi connectivity index (χ1n) is 9.52. The van der Waals surface area contributed by atoms with Crippen LogP contribution in [0.3, 0.4) is 0 Å². The van der Waals surface area contributed by atoms with E-state index in [4.69, 9.17) is 15.7 Å². The summed E-state index contributed by atoms with van der Waals surface area (Å²) in [4.78, 5) is 47.9. The first kappa shape index (κ1) is 24.4. The number of fused-ring (bicyclic) bond motifs is 1. The molecule has 0 spiro atoms. The third-order valence-corrected chi connectivity index (χ3v) is 8.52. The molecule has 17 heteroatoms. The molecule has 5 N–H and O–H groups in total. The standard InChI is InChI=1S/C17H17N7O6S4/c18-16-20-8(5-32-16)9(23-30-2-1-25)12(26)21-10-13(27)24-11(15(28)29)7(3-31-14(10)24)4-33-17-22-19-6-34-17/h5-6,10,14,25H,1-4H2,(H2,18,20)(H,21,26)(H,28,29)/b23-9+. The fourth-order valence-corrected chi connectivity index (χ4v) is 6.65. The predicted molar refractivity (Wildman–Crippen MR) is 126 cm³/mol. The summed E-state index contributed by atoms with van der Waals surface area (Å²) in [7, 11) is 0. The zero-order chi connectivity index (χ0) is 24.2. The van der Waals surface area contributed by atoms with Crippen molar-refractivity contribution >= 4 is 74.8 Å². The van der Waals surface area contributed by atoms with Crippen LogP contribution in [0.15, 0.2) is 31.7 Å². The Morgan fingerprint density at radius 1 is 1.41 bits per heavy atom. The summed E-state index contributed by atoms with van der Waals surface area (Å²) in [5, 5.41) is 33.8. The second-order valence-corrected chi connectivity index (χ2v) is 10.7. The summed E-state index contributed by atoms with van der Waals surface area (Å²) in [6.45, 7) is -0.452. The number of nitrogens with zero attached hydrogens (tertiary/aromatic N) is 5. The van der Waals surface area contributed by atoms with Crippen molar-refractivity contribution in [1.82, 2.24) is 25.4 Å². The molecule has 13 nitrogen and oxygen atoms in total. The SMILES string of the molecule is Nc1nc(/C(=N\OCCO)C(=O)NC2C(=O)N3C(C(=O)O)=C(CSc4nncs4)CSC23)cs1. The Balaban J connectivity index is 1.49. The molecule has 4 rings (SSSR count). The molecule has 2 aromatic rings. The molecule has 0 aromatic carbocycles. The van der Waals surface area contributed by atoms with Crippen LogP contribution < -0.4 is 11.1 Å². The molecule has 2 aromatic heterocycles. The number of nitrogen functional groups attached to an aromatic ring is 1. The maximum atomic E-state index is 12.9. The van der Waals surface area contributed by atoms with Gasteiger partial charge in [0.1, 0.15) is 34.9 Å². The van der Waals surface area contributed by atoms with Crippen molar-refractivity contribution in [1.29, 1.82) is 0 Å². The number of carbonyl (C=O) groups excluding carboxylic acids is 2. The number of oxime groups is 1. The number of β-lactam (4-membered cyclic amide) rings is 1. The van der Waals surface area contributed by atoms with Crippen LogP contribution in [0.4, 0.5) is 5.13 Å². The van der Waals surface area contributed by atoms with Gasteiger partial charge in [-0.2, -0.15) is 0 Å². The minimum absolute atomic E-state index is 0.0799. The van der Waals surface area contributed by atoms with E-state index in [9.17, 15) is 19.5 Å². The van der Waals surface area contributed by atoms with Gasteiger partial charge in [-0.3, -0.25) is 14.5 Å². The van der Waals surface area contributed by atoms with Gasteiger partial charge in [0.05, 0.1) is 6.61 Å². The van der Waals surface area contributed by atoms with E-state index in [1.165, 1.54) is 45.1 Å². The number of carbonyl (C=O) groups is 3. The summed E-state index contributed by atoms with van der Waals surface area (Å²) in [6.07, 6.45) is 0. The van der Waals surface area contributed by atoms with Crippen LogP contribution in [-0.4, -0.2) is 89.9 Å². The van der Waals surface area contributed by atoms with E-state index in [0.717, 1.165) is 11.3 Å². The van der Waals surface area contributed by atoms with Gasteiger partial charge in [0, 0.05) is 16.9 Å². The van der Waals surface area contributed by atoms with E-state index in [1.807, 2.05) is 0 Å². The lowest BCUT2D eigenvalue weighted by Crippen LogP contribution is -2.71. The number of aliphatic hydroxyl groups excluding tert-OH is 1. The molecule has 1 fully saturated rings. The molecule has 0 saturated carbocycles. The predicted octanol–water partition coefficient (Wildman–Crippen LogP) is -0.179. The number of thioether (sulfide) groups is 2. The van der Waals surface area contributed by atoms with Crippen LogP contribution in [0, 0.1) is 0 Å². The highest BCUT2D eigenvalue weighted by atomic mass is 32.2. The molecule has 0 radical (unpaired) electrons. The number of aliphatic carboxylic acids is 1. The van der Waals surface area contributed by atoms with Gasteiger partial charge >= 0.3 is 5.97 Å².